The molecule has 1 amide bonds. The van der Waals surface area contributed by atoms with Crippen LogP contribution in [0.2, 0.25) is 0 Å². The fraction of sp³-hybridized carbons (Fsp3) is 0.636. The maximum Gasteiger partial charge on any atom is 0.410 e. The van der Waals surface area contributed by atoms with Crippen molar-refractivity contribution in [3.8, 4) is 0 Å². The largest absolute Gasteiger partial charge is 0.475 e. The molecule has 1 aromatic heterocycles. The molecule has 2 rings (SSSR count). The van der Waals surface area contributed by atoms with Crippen LogP contribution in [0.1, 0.15) is 37.2 Å². The predicted octanol–water partition coefficient (Wildman–Crippen LogP) is 0.346. The Morgan fingerprint density at radius 1 is 1.25 bits per heavy atom. The number of aromatic nitrogens is 3. The van der Waals surface area contributed by atoms with Crippen molar-refractivity contribution in [2.24, 2.45) is 0 Å². The van der Waals surface area contributed by atoms with Gasteiger partial charge in [-0.1, -0.05) is 0 Å². The molecule has 1 aliphatic rings. The average molecular weight is 291 g/mol. The Bertz CT molecular complexity index is 523. The summed E-state index contributed by atoms with van der Waals surface area (Å²) in [6.45, 7) is 6.30. The van der Waals surface area contributed by atoms with Crippen molar-refractivity contribution in [1.29, 1.82) is 0 Å². The van der Waals surface area contributed by atoms with Gasteiger partial charge in [-0.15, -0.1) is 10.2 Å². The summed E-state index contributed by atoms with van der Waals surface area (Å²) in [5.41, 5.74) is -0.561. The number of nitrogens with zero attached hydrogens (tertiary/aromatic N) is 4. The van der Waals surface area contributed by atoms with Gasteiger partial charge in [0.05, 0.1) is 6.54 Å². The predicted molar refractivity (Wildman–Crippen MR) is 69.4 cm³/mol. The standard InChI is InChI=1S/C11H16N4O4.Na/c1-11(2,3)19-10(18)14-4-5-15-7(6-14)12-13-8(15)9(16)17;/h4-6H2,1-3H3,(H,16,17);. The molecule has 1 radical (unpaired) electrons. The van der Waals surface area contributed by atoms with E-state index in [9.17, 15) is 9.59 Å². The summed E-state index contributed by atoms with van der Waals surface area (Å²) < 4.78 is 6.76. The number of carboxylic acids is 1. The van der Waals surface area contributed by atoms with Gasteiger partial charge in [-0.2, -0.15) is 0 Å². The van der Waals surface area contributed by atoms with E-state index in [1.165, 1.54) is 9.47 Å². The second kappa shape index (κ2) is 6.11. The van der Waals surface area contributed by atoms with Crippen LogP contribution in [0.15, 0.2) is 0 Å². The van der Waals surface area contributed by atoms with E-state index in [1.807, 2.05) is 0 Å². The number of carbonyl (C=O) groups is 2. The molecule has 0 fully saturated rings. The Hall–Kier alpha value is -1.12. The molecule has 0 atom stereocenters. The van der Waals surface area contributed by atoms with Gasteiger partial charge in [0.15, 0.2) is 5.82 Å². The van der Waals surface area contributed by atoms with Crippen molar-refractivity contribution >= 4 is 41.6 Å². The zero-order chi connectivity index (χ0) is 14.2. The van der Waals surface area contributed by atoms with E-state index >= 15 is 0 Å². The van der Waals surface area contributed by atoms with Crippen LogP contribution in [0.5, 0.6) is 0 Å². The van der Waals surface area contributed by atoms with Gasteiger partial charge in [-0.3, -0.25) is 4.90 Å². The van der Waals surface area contributed by atoms with Gasteiger partial charge in [-0.05, 0) is 20.8 Å². The minimum atomic E-state index is -1.12. The number of fused-ring (bicyclic) bond motifs is 1. The Morgan fingerprint density at radius 2 is 1.90 bits per heavy atom. The molecule has 0 saturated carbocycles. The van der Waals surface area contributed by atoms with Crippen molar-refractivity contribution in [1.82, 2.24) is 19.7 Å². The summed E-state index contributed by atoms with van der Waals surface area (Å²) in [7, 11) is 0. The Morgan fingerprint density at radius 3 is 2.45 bits per heavy atom. The van der Waals surface area contributed by atoms with Gasteiger partial charge >= 0.3 is 12.1 Å². The molecule has 0 spiro atoms. The van der Waals surface area contributed by atoms with Crippen molar-refractivity contribution in [3.63, 3.8) is 0 Å². The molecule has 105 valence electrons. The first-order valence-electron chi connectivity index (χ1n) is 5.91. The van der Waals surface area contributed by atoms with Gasteiger partial charge in [0.25, 0.3) is 0 Å². The molecule has 1 aliphatic heterocycles. The van der Waals surface area contributed by atoms with Crippen LogP contribution in [-0.4, -0.2) is 78.5 Å². The molecule has 2 heterocycles. The third-order valence-corrected chi connectivity index (χ3v) is 2.60. The van der Waals surface area contributed by atoms with Gasteiger partial charge < -0.3 is 14.4 Å². The molecule has 0 aromatic carbocycles. The molecular weight excluding hydrogens is 275 g/mol. The molecule has 1 N–H and O–H groups in total. The third kappa shape index (κ3) is 3.71. The molecule has 20 heavy (non-hydrogen) atoms. The van der Waals surface area contributed by atoms with E-state index in [4.69, 9.17) is 9.84 Å². The number of rotatable bonds is 1. The summed E-state index contributed by atoms with van der Waals surface area (Å²) in [5.74, 6) is -0.766. The summed E-state index contributed by atoms with van der Waals surface area (Å²) in [6.07, 6.45) is -0.432. The summed E-state index contributed by atoms with van der Waals surface area (Å²) in [6, 6.07) is 0. The van der Waals surface area contributed by atoms with E-state index in [-0.39, 0.29) is 41.9 Å². The molecule has 0 aliphatic carbocycles. The second-order valence-corrected chi connectivity index (χ2v) is 5.30. The molecular formula is C11H16N4NaO4. The van der Waals surface area contributed by atoms with Crippen molar-refractivity contribution < 1.29 is 19.4 Å². The SMILES string of the molecule is CC(C)(C)OC(=O)N1CCn2c(nnc2C(=O)O)C1.[Na]. The monoisotopic (exact) mass is 291 g/mol. The average Bonchev–Trinajstić information content (AvgIpc) is 2.68. The Labute approximate surface area is 138 Å². The van der Waals surface area contributed by atoms with Crippen LogP contribution >= 0.6 is 0 Å². The maximum absolute atomic E-state index is 11.9. The van der Waals surface area contributed by atoms with Crippen LogP contribution in [0, 0.1) is 0 Å². The maximum atomic E-state index is 11.9. The van der Waals surface area contributed by atoms with Crippen molar-refractivity contribution in [2.45, 2.75) is 39.5 Å². The number of hydrogen-bond donors (Lipinski definition) is 1. The first-order valence-corrected chi connectivity index (χ1v) is 5.91. The van der Waals surface area contributed by atoms with E-state index in [0.717, 1.165) is 0 Å². The van der Waals surface area contributed by atoms with Crippen LogP contribution in [0.25, 0.3) is 0 Å². The molecule has 8 nitrogen and oxygen atoms in total. The number of aromatic carboxylic acids is 1. The zero-order valence-corrected chi connectivity index (χ0v) is 14.1. The summed E-state index contributed by atoms with van der Waals surface area (Å²) >= 11 is 0. The zero-order valence-electron chi connectivity index (χ0n) is 12.1. The van der Waals surface area contributed by atoms with Crippen LogP contribution in [0.4, 0.5) is 4.79 Å². The van der Waals surface area contributed by atoms with Crippen molar-refractivity contribution in [2.75, 3.05) is 6.54 Å². The number of carboxylic acid groups (broad SMARTS) is 1. The second-order valence-electron chi connectivity index (χ2n) is 5.30. The molecule has 0 unspecified atom stereocenters. The first kappa shape index (κ1) is 16.9. The molecule has 0 bridgehead atoms. The minimum absolute atomic E-state index is 0. The molecule has 0 saturated heterocycles. The van der Waals surface area contributed by atoms with Gasteiger partial charge in [0.1, 0.15) is 5.60 Å². The number of ether oxygens (including phenoxy) is 1. The topological polar surface area (TPSA) is 97.5 Å². The van der Waals surface area contributed by atoms with Crippen molar-refractivity contribution in [3.05, 3.63) is 11.6 Å². The fourth-order valence-electron chi connectivity index (χ4n) is 1.80. The third-order valence-electron chi connectivity index (χ3n) is 2.60. The van der Waals surface area contributed by atoms with Gasteiger partial charge in [0.2, 0.25) is 5.82 Å². The normalized spacial score (nSPS) is 14.2. The molecule has 9 heteroatoms. The van der Waals surface area contributed by atoms with Gasteiger partial charge in [0, 0.05) is 42.6 Å². The Kier molecular flexibility index (Phi) is 5.17. The van der Waals surface area contributed by atoms with E-state index in [0.29, 0.717) is 18.9 Å². The van der Waals surface area contributed by atoms with E-state index in [2.05, 4.69) is 10.2 Å². The summed E-state index contributed by atoms with van der Waals surface area (Å²) in [5, 5.41) is 16.3. The van der Waals surface area contributed by atoms with Crippen LogP contribution in [-0.2, 0) is 17.8 Å². The van der Waals surface area contributed by atoms with Gasteiger partial charge in [-0.25, -0.2) is 9.59 Å². The number of carbonyl (C=O) groups excluding carboxylic acids is 1. The smallest absolute Gasteiger partial charge is 0.410 e. The quantitative estimate of drug-likeness (QED) is 0.750. The first-order chi connectivity index (χ1) is 8.78. The van der Waals surface area contributed by atoms with E-state index in [1.54, 1.807) is 20.8 Å². The van der Waals surface area contributed by atoms with Crippen LogP contribution < -0.4 is 0 Å². The fourth-order valence-corrected chi connectivity index (χ4v) is 1.80. The summed E-state index contributed by atoms with van der Waals surface area (Å²) in [4.78, 5) is 24.3. The minimum Gasteiger partial charge on any atom is -0.475 e. The Balaban J connectivity index is 0.00000200. The number of hydrogen-bond acceptors (Lipinski definition) is 5. The molecule has 1 aromatic rings. The van der Waals surface area contributed by atoms with Crippen LogP contribution in [0.3, 0.4) is 0 Å². The number of amides is 1. The van der Waals surface area contributed by atoms with E-state index < -0.39 is 17.7 Å².